The van der Waals surface area contributed by atoms with Crippen LogP contribution in [0.1, 0.15) is 40.0 Å². The lowest BCUT2D eigenvalue weighted by molar-refractivity contribution is 0.148. The van der Waals surface area contributed by atoms with Crippen molar-refractivity contribution in [3.05, 3.63) is 24.0 Å². The molecule has 1 heterocycles. The number of likely N-dealkylation sites (tertiary alicyclic amines) is 1. The maximum absolute atomic E-state index is 5.78. The van der Waals surface area contributed by atoms with Crippen molar-refractivity contribution in [2.45, 2.75) is 40.0 Å². The number of piperidine rings is 1. The molecule has 0 aromatic rings. The highest BCUT2D eigenvalue weighted by molar-refractivity contribution is 5.11. The van der Waals surface area contributed by atoms with Gasteiger partial charge >= 0.3 is 0 Å². The van der Waals surface area contributed by atoms with Crippen LogP contribution >= 0.6 is 0 Å². The Bertz CT molecular complexity index is 250. The van der Waals surface area contributed by atoms with Gasteiger partial charge in [-0.2, -0.15) is 0 Å². The molecule has 0 spiro atoms. The molecule has 0 saturated carbocycles. The molecule has 0 radical (unpaired) electrons. The van der Waals surface area contributed by atoms with Crippen LogP contribution in [0.25, 0.3) is 0 Å². The average Bonchev–Trinajstić information content (AvgIpc) is 2.34. The molecule has 1 saturated heterocycles. The molecular formula is C15H27NO. The van der Waals surface area contributed by atoms with Crippen molar-refractivity contribution in [2.75, 3.05) is 26.2 Å². The molecular weight excluding hydrogens is 210 g/mol. The zero-order valence-corrected chi connectivity index (χ0v) is 11.6. The summed E-state index contributed by atoms with van der Waals surface area (Å²) in [6, 6.07) is 0. The summed E-state index contributed by atoms with van der Waals surface area (Å²) in [4.78, 5) is 2.50. The third-order valence-corrected chi connectivity index (χ3v) is 3.05. The standard InChI is InChI=1S/C15H27NO/c1-4-15(9-8-14(2)3)17-13-12-16-10-6-5-7-11-16/h4,8-9,14H,5-7,10-13H2,1-3H3/b9-8-,15-4+. The summed E-state index contributed by atoms with van der Waals surface area (Å²) in [5.74, 6) is 1.58. The van der Waals surface area contributed by atoms with Crippen LogP contribution in [0.4, 0.5) is 0 Å². The topological polar surface area (TPSA) is 12.5 Å². The second-order valence-electron chi connectivity index (χ2n) is 5.04. The molecule has 0 amide bonds. The Morgan fingerprint density at radius 2 is 1.94 bits per heavy atom. The molecule has 1 aliphatic heterocycles. The van der Waals surface area contributed by atoms with Crippen LogP contribution in [0, 0.1) is 5.92 Å². The largest absolute Gasteiger partial charge is 0.493 e. The van der Waals surface area contributed by atoms with Gasteiger partial charge in [-0.3, -0.25) is 4.90 Å². The van der Waals surface area contributed by atoms with E-state index in [1.54, 1.807) is 0 Å². The van der Waals surface area contributed by atoms with Gasteiger partial charge in [0, 0.05) is 6.54 Å². The fraction of sp³-hybridized carbons (Fsp3) is 0.733. The summed E-state index contributed by atoms with van der Waals surface area (Å²) in [7, 11) is 0. The van der Waals surface area contributed by atoms with E-state index in [9.17, 15) is 0 Å². The van der Waals surface area contributed by atoms with Gasteiger partial charge in [0.05, 0.1) is 0 Å². The number of rotatable bonds is 6. The Morgan fingerprint density at radius 1 is 1.24 bits per heavy atom. The lowest BCUT2D eigenvalue weighted by Gasteiger charge is -2.26. The minimum atomic E-state index is 0.579. The predicted molar refractivity (Wildman–Crippen MR) is 74.0 cm³/mol. The van der Waals surface area contributed by atoms with Gasteiger partial charge in [0.2, 0.25) is 0 Å². The number of hydrogen-bond acceptors (Lipinski definition) is 2. The van der Waals surface area contributed by atoms with E-state index in [0.29, 0.717) is 5.92 Å². The number of allylic oxidation sites excluding steroid dienone is 3. The molecule has 1 rings (SSSR count). The zero-order chi connectivity index (χ0) is 12.5. The van der Waals surface area contributed by atoms with E-state index in [1.165, 1.54) is 32.4 Å². The molecule has 0 aliphatic carbocycles. The van der Waals surface area contributed by atoms with Gasteiger partial charge < -0.3 is 4.74 Å². The van der Waals surface area contributed by atoms with Gasteiger partial charge in [-0.15, -0.1) is 0 Å². The Hall–Kier alpha value is -0.760. The van der Waals surface area contributed by atoms with E-state index >= 15 is 0 Å². The highest BCUT2D eigenvalue weighted by Crippen LogP contribution is 2.09. The van der Waals surface area contributed by atoms with Crippen LogP contribution < -0.4 is 0 Å². The molecule has 1 aliphatic rings. The second-order valence-corrected chi connectivity index (χ2v) is 5.04. The predicted octanol–water partition coefficient (Wildman–Crippen LogP) is 3.60. The smallest absolute Gasteiger partial charge is 0.114 e. The minimum absolute atomic E-state index is 0.579. The quantitative estimate of drug-likeness (QED) is 0.517. The highest BCUT2D eigenvalue weighted by atomic mass is 16.5. The molecule has 98 valence electrons. The first kappa shape index (κ1) is 14.3. The van der Waals surface area contributed by atoms with Crippen molar-refractivity contribution < 1.29 is 4.74 Å². The number of hydrogen-bond donors (Lipinski definition) is 0. The maximum atomic E-state index is 5.78. The van der Waals surface area contributed by atoms with Crippen molar-refractivity contribution in [1.82, 2.24) is 4.90 Å². The Labute approximate surface area is 106 Å². The minimum Gasteiger partial charge on any atom is -0.493 e. The lowest BCUT2D eigenvalue weighted by atomic mass is 10.1. The molecule has 0 bridgehead atoms. The van der Waals surface area contributed by atoms with Crippen molar-refractivity contribution >= 4 is 0 Å². The van der Waals surface area contributed by atoms with E-state index in [0.717, 1.165) is 18.9 Å². The van der Waals surface area contributed by atoms with Crippen molar-refractivity contribution in [3.63, 3.8) is 0 Å². The second kappa shape index (κ2) is 8.35. The summed E-state index contributed by atoms with van der Waals surface area (Å²) in [5, 5.41) is 0. The third kappa shape index (κ3) is 6.52. The van der Waals surface area contributed by atoms with E-state index < -0.39 is 0 Å². The van der Waals surface area contributed by atoms with Gasteiger partial charge in [-0.05, 0) is 50.9 Å². The fourth-order valence-electron chi connectivity index (χ4n) is 1.99. The normalized spacial score (nSPS) is 19.2. The van der Waals surface area contributed by atoms with Crippen molar-refractivity contribution in [1.29, 1.82) is 0 Å². The zero-order valence-electron chi connectivity index (χ0n) is 11.6. The van der Waals surface area contributed by atoms with E-state index in [1.807, 2.05) is 13.0 Å². The van der Waals surface area contributed by atoms with E-state index in [4.69, 9.17) is 4.74 Å². The summed E-state index contributed by atoms with van der Waals surface area (Å²) in [5.41, 5.74) is 0. The first-order valence-corrected chi connectivity index (χ1v) is 6.92. The molecule has 0 unspecified atom stereocenters. The molecule has 2 heteroatoms. The van der Waals surface area contributed by atoms with Crippen LogP contribution in [0.5, 0.6) is 0 Å². The molecule has 2 nitrogen and oxygen atoms in total. The molecule has 0 atom stereocenters. The molecule has 1 fully saturated rings. The van der Waals surface area contributed by atoms with Gasteiger partial charge in [0.1, 0.15) is 12.4 Å². The average molecular weight is 237 g/mol. The molecule has 0 aromatic heterocycles. The molecule has 0 N–H and O–H groups in total. The summed E-state index contributed by atoms with van der Waals surface area (Å²) in [6.45, 7) is 10.7. The van der Waals surface area contributed by atoms with Crippen LogP contribution in [-0.2, 0) is 4.74 Å². The number of ether oxygens (including phenoxy) is 1. The SMILES string of the molecule is C/C=C(\C=C/C(C)C)OCCN1CCCCC1. The van der Waals surface area contributed by atoms with Gasteiger partial charge in [-0.25, -0.2) is 0 Å². The summed E-state index contributed by atoms with van der Waals surface area (Å²) >= 11 is 0. The molecule has 17 heavy (non-hydrogen) atoms. The Morgan fingerprint density at radius 3 is 2.53 bits per heavy atom. The highest BCUT2D eigenvalue weighted by Gasteiger charge is 2.09. The fourth-order valence-corrected chi connectivity index (χ4v) is 1.99. The molecule has 0 aromatic carbocycles. The lowest BCUT2D eigenvalue weighted by Crippen LogP contribution is -2.32. The third-order valence-electron chi connectivity index (χ3n) is 3.05. The van der Waals surface area contributed by atoms with Crippen LogP contribution in [0.3, 0.4) is 0 Å². The van der Waals surface area contributed by atoms with Gasteiger partial charge in [-0.1, -0.05) is 26.3 Å². The monoisotopic (exact) mass is 237 g/mol. The summed E-state index contributed by atoms with van der Waals surface area (Å²) < 4.78 is 5.78. The van der Waals surface area contributed by atoms with E-state index in [-0.39, 0.29) is 0 Å². The first-order chi connectivity index (χ1) is 8.22. The van der Waals surface area contributed by atoms with Crippen molar-refractivity contribution in [3.8, 4) is 0 Å². The van der Waals surface area contributed by atoms with Gasteiger partial charge in [0.15, 0.2) is 0 Å². The van der Waals surface area contributed by atoms with Crippen LogP contribution in [0.15, 0.2) is 24.0 Å². The number of nitrogens with zero attached hydrogens (tertiary/aromatic N) is 1. The maximum Gasteiger partial charge on any atom is 0.114 e. The van der Waals surface area contributed by atoms with Crippen molar-refractivity contribution in [2.24, 2.45) is 5.92 Å². The van der Waals surface area contributed by atoms with Crippen LogP contribution in [-0.4, -0.2) is 31.1 Å². The van der Waals surface area contributed by atoms with E-state index in [2.05, 4.69) is 30.9 Å². The first-order valence-electron chi connectivity index (χ1n) is 6.92. The Balaban J connectivity index is 2.19. The Kier molecular flexibility index (Phi) is 7.02. The summed E-state index contributed by atoms with van der Waals surface area (Å²) in [6.07, 6.45) is 10.4. The van der Waals surface area contributed by atoms with Crippen LogP contribution in [0.2, 0.25) is 0 Å². The van der Waals surface area contributed by atoms with Gasteiger partial charge in [0.25, 0.3) is 0 Å².